The molecule has 1 aromatic heterocycles. The predicted molar refractivity (Wildman–Crippen MR) is 41.6 cm³/mol. The number of nitrogens with zero attached hydrogens (tertiary/aromatic N) is 1. The number of rotatable bonds is 1. The minimum Gasteiger partial charge on any atom is -0.259 e. The number of hydrogen-bond acceptors (Lipinski definition) is 1. The molecule has 0 saturated carbocycles. The number of alkyl halides is 1. The predicted octanol–water partition coefficient (Wildman–Crippen LogP) is 2.42. The Kier molecular flexibility index (Phi) is 2.38. The molecule has 0 bridgehead atoms. The quantitative estimate of drug-likeness (QED) is 0.640. The second-order valence-corrected chi connectivity index (χ2v) is 2.61. The van der Waals surface area contributed by atoms with Crippen LogP contribution in [0.1, 0.15) is 11.3 Å². The zero-order chi connectivity index (χ0) is 7.56. The first kappa shape index (κ1) is 7.66. The van der Waals surface area contributed by atoms with Crippen LogP contribution in [0.5, 0.6) is 0 Å². The van der Waals surface area contributed by atoms with Crippen molar-refractivity contribution in [3.8, 4) is 0 Å². The molecular weight excluding hydrogens is 197 g/mol. The van der Waals surface area contributed by atoms with Crippen molar-refractivity contribution < 1.29 is 4.39 Å². The standard InChI is InChI=1S/C7H7BrFN/c1-5-2-6(3-8)7(9)4-10-5/h2,4H,3H2,1H3. The van der Waals surface area contributed by atoms with Gasteiger partial charge in [-0.05, 0) is 13.0 Å². The van der Waals surface area contributed by atoms with Gasteiger partial charge in [-0.2, -0.15) is 0 Å². The molecule has 1 rings (SSSR count). The van der Waals surface area contributed by atoms with Gasteiger partial charge in [-0.1, -0.05) is 15.9 Å². The first-order valence-electron chi connectivity index (χ1n) is 2.91. The normalized spacial score (nSPS) is 9.90. The molecule has 10 heavy (non-hydrogen) atoms. The van der Waals surface area contributed by atoms with E-state index in [0.29, 0.717) is 10.9 Å². The van der Waals surface area contributed by atoms with Gasteiger partial charge >= 0.3 is 0 Å². The first-order chi connectivity index (χ1) is 4.74. The van der Waals surface area contributed by atoms with E-state index in [1.807, 2.05) is 6.92 Å². The molecule has 54 valence electrons. The first-order valence-corrected chi connectivity index (χ1v) is 4.03. The molecule has 0 aliphatic heterocycles. The lowest BCUT2D eigenvalue weighted by Gasteiger charge is -1.97. The van der Waals surface area contributed by atoms with Gasteiger partial charge in [0.1, 0.15) is 5.82 Å². The summed E-state index contributed by atoms with van der Waals surface area (Å²) >= 11 is 3.17. The number of pyridine rings is 1. The third-order valence-electron chi connectivity index (χ3n) is 1.22. The van der Waals surface area contributed by atoms with E-state index in [2.05, 4.69) is 20.9 Å². The van der Waals surface area contributed by atoms with Crippen LogP contribution in [0.3, 0.4) is 0 Å². The van der Waals surface area contributed by atoms with Crippen molar-refractivity contribution in [2.24, 2.45) is 0 Å². The molecule has 1 heterocycles. The molecule has 0 aliphatic carbocycles. The van der Waals surface area contributed by atoms with Crippen LogP contribution in [0.2, 0.25) is 0 Å². The van der Waals surface area contributed by atoms with E-state index in [0.717, 1.165) is 5.69 Å². The van der Waals surface area contributed by atoms with Crippen molar-refractivity contribution >= 4 is 15.9 Å². The third-order valence-corrected chi connectivity index (χ3v) is 1.82. The van der Waals surface area contributed by atoms with Gasteiger partial charge in [-0.25, -0.2) is 4.39 Å². The molecule has 0 amide bonds. The lowest BCUT2D eigenvalue weighted by Crippen LogP contribution is -1.89. The van der Waals surface area contributed by atoms with Crippen LogP contribution < -0.4 is 0 Å². The highest BCUT2D eigenvalue weighted by Crippen LogP contribution is 2.10. The maximum absolute atomic E-state index is 12.7. The van der Waals surface area contributed by atoms with Gasteiger partial charge in [0, 0.05) is 16.6 Å². The largest absolute Gasteiger partial charge is 0.259 e. The highest BCUT2D eigenvalue weighted by Gasteiger charge is 1.99. The minimum atomic E-state index is -0.248. The van der Waals surface area contributed by atoms with E-state index >= 15 is 0 Å². The summed E-state index contributed by atoms with van der Waals surface area (Å²) in [6.07, 6.45) is 1.24. The van der Waals surface area contributed by atoms with Crippen LogP contribution in [0, 0.1) is 12.7 Å². The summed E-state index contributed by atoms with van der Waals surface area (Å²) in [5.41, 5.74) is 1.50. The highest BCUT2D eigenvalue weighted by atomic mass is 79.9. The van der Waals surface area contributed by atoms with E-state index in [9.17, 15) is 4.39 Å². The van der Waals surface area contributed by atoms with Gasteiger partial charge in [-0.15, -0.1) is 0 Å². The summed E-state index contributed by atoms with van der Waals surface area (Å²) in [4.78, 5) is 3.79. The summed E-state index contributed by atoms with van der Waals surface area (Å²) in [6, 6.07) is 1.73. The number of aryl methyl sites for hydroxylation is 1. The Morgan fingerprint density at radius 1 is 1.70 bits per heavy atom. The molecule has 0 unspecified atom stereocenters. The Hall–Kier alpha value is -0.440. The Morgan fingerprint density at radius 3 is 2.90 bits per heavy atom. The summed E-state index contributed by atoms with van der Waals surface area (Å²) in [7, 11) is 0. The molecule has 0 fully saturated rings. The van der Waals surface area contributed by atoms with Gasteiger partial charge in [0.2, 0.25) is 0 Å². The van der Waals surface area contributed by atoms with Gasteiger partial charge in [0.15, 0.2) is 0 Å². The summed E-state index contributed by atoms with van der Waals surface area (Å²) in [5, 5.41) is 0.544. The van der Waals surface area contributed by atoms with Crippen LogP contribution >= 0.6 is 15.9 Å². The minimum absolute atomic E-state index is 0.248. The highest BCUT2D eigenvalue weighted by molar-refractivity contribution is 9.08. The molecule has 0 atom stereocenters. The smallest absolute Gasteiger partial charge is 0.145 e. The SMILES string of the molecule is Cc1cc(CBr)c(F)cn1. The summed E-state index contributed by atoms with van der Waals surface area (Å²) < 4.78 is 12.7. The van der Waals surface area contributed by atoms with Gasteiger partial charge < -0.3 is 0 Å². The van der Waals surface area contributed by atoms with E-state index in [1.165, 1.54) is 6.20 Å². The fraction of sp³-hybridized carbons (Fsp3) is 0.286. The molecule has 0 radical (unpaired) electrons. The van der Waals surface area contributed by atoms with Crippen LogP contribution in [-0.2, 0) is 5.33 Å². The molecule has 1 aromatic rings. The third kappa shape index (κ3) is 1.53. The fourth-order valence-electron chi connectivity index (χ4n) is 0.702. The topological polar surface area (TPSA) is 12.9 Å². The number of halogens is 2. The van der Waals surface area contributed by atoms with Gasteiger partial charge in [0.05, 0.1) is 6.20 Å². The summed E-state index contributed by atoms with van der Waals surface area (Å²) in [6.45, 7) is 1.84. The average molecular weight is 204 g/mol. The van der Waals surface area contributed by atoms with Crippen LogP contribution in [0.15, 0.2) is 12.3 Å². The number of aromatic nitrogens is 1. The second kappa shape index (κ2) is 3.10. The molecule has 0 aliphatic rings. The van der Waals surface area contributed by atoms with E-state index < -0.39 is 0 Å². The molecule has 1 nitrogen and oxygen atoms in total. The lowest BCUT2D eigenvalue weighted by atomic mass is 10.2. The van der Waals surface area contributed by atoms with Gasteiger partial charge in [-0.3, -0.25) is 4.98 Å². The Labute approximate surface area is 67.4 Å². The monoisotopic (exact) mass is 203 g/mol. The molecular formula is C7H7BrFN. The van der Waals surface area contributed by atoms with E-state index in [1.54, 1.807) is 6.07 Å². The van der Waals surface area contributed by atoms with E-state index in [-0.39, 0.29) is 5.82 Å². The Balaban J connectivity index is 3.09. The Bertz CT molecular complexity index is 237. The van der Waals surface area contributed by atoms with E-state index in [4.69, 9.17) is 0 Å². The van der Waals surface area contributed by atoms with Crippen LogP contribution in [-0.4, -0.2) is 4.98 Å². The maximum Gasteiger partial charge on any atom is 0.145 e. The van der Waals surface area contributed by atoms with Crippen molar-refractivity contribution in [2.75, 3.05) is 0 Å². The van der Waals surface area contributed by atoms with Crippen LogP contribution in [0.25, 0.3) is 0 Å². The van der Waals surface area contributed by atoms with Crippen LogP contribution in [0.4, 0.5) is 4.39 Å². The summed E-state index contributed by atoms with van der Waals surface area (Å²) in [5.74, 6) is -0.248. The maximum atomic E-state index is 12.7. The zero-order valence-corrected chi connectivity index (χ0v) is 7.15. The second-order valence-electron chi connectivity index (χ2n) is 2.05. The van der Waals surface area contributed by atoms with Crippen molar-refractivity contribution in [3.05, 3.63) is 29.3 Å². The average Bonchev–Trinajstić information content (AvgIpc) is 1.94. The van der Waals surface area contributed by atoms with Crippen molar-refractivity contribution in [1.82, 2.24) is 4.98 Å². The van der Waals surface area contributed by atoms with Crippen molar-refractivity contribution in [3.63, 3.8) is 0 Å². The molecule has 0 N–H and O–H groups in total. The Morgan fingerprint density at radius 2 is 2.40 bits per heavy atom. The van der Waals surface area contributed by atoms with Gasteiger partial charge in [0.25, 0.3) is 0 Å². The number of hydrogen-bond donors (Lipinski definition) is 0. The lowest BCUT2D eigenvalue weighted by molar-refractivity contribution is 0.610. The molecule has 0 aromatic carbocycles. The zero-order valence-electron chi connectivity index (χ0n) is 5.56. The molecule has 0 spiro atoms. The molecule has 3 heteroatoms. The molecule has 0 saturated heterocycles. The fourth-order valence-corrected chi connectivity index (χ4v) is 1.13. The van der Waals surface area contributed by atoms with Crippen molar-refractivity contribution in [1.29, 1.82) is 0 Å². The van der Waals surface area contributed by atoms with Crippen molar-refractivity contribution in [2.45, 2.75) is 12.3 Å².